The van der Waals surface area contributed by atoms with E-state index in [0.717, 1.165) is 28.0 Å². The van der Waals surface area contributed by atoms with Crippen LogP contribution in [0.2, 0.25) is 5.02 Å². The molecular weight excluding hydrogens is 480 g/mol. The van der Waals surface area contributed by atoms with Crippen molar-refractivity contribution in [2.45, 2.75) is 17.3 Å². The van der Waals surface area contributed by atoms with Crippen LogP contribution in [0.1, 0.15) is 33.1 Å². The van der Waals surface area contributed by atoms with Gasteiger partial charge in [0.15, 0.2) is 0 Å². The average Bonchev–Trinajstić information content (AvgIpc) is 3.28. The second-order valence-corrected chi connectivity index (χ2v) is 10.5. The van der Waals surface area contributed by atoms with Crippen LogP contribution in [0.5, 0.6) is 0 Å². The van der Waals surface area contributed by atoms with Crippen molar-refractivity contribution in [2.24, 2.45) is 0 Å². The summed E-state index contributed by atoms with van der Waals surface area (Å²) >= 11 is 6.80. The van der Waals surface area contributed by atoms with Gasteiger partial charge in [-0.3, -0.25) is 10.1 Å². The van der Waals surface area contributed by atoms with Gasteiger partial charge in [0, 0.05) is 0 Å². The average molecular weight is 499 g/mol. The number of halogens is 1. The Labute approximate surface area is 200 Å². The minimum atomic E-state index is -4.04. The third-order valence-electron chi connectivity index (χ3n) is 4.79. The van der Waals surface area contributed by atoms with Gasteiger partial charge in [0.2, 0.25) is 9.47 Å². The van der Waals surface area contributed by atoms with Gasteiger partial charge in [-0.1, -0.05) is 95.2 Å². The standard InChI is InChI=1S/C23H19ClN4O3S2/c1-15-11-13-17(14-12-15)20(16-7-3-2-4-8-16)28-33(30,31)23-27-26-22(32-23)25-21(29)18-9-5-6-10-19(18)24/h2-14,20,28H,1H3,(H,25,26,29)/t20-/m0/s1. The smallest absolute Gasteiger partial charge is 0.270 e. The maximum Gasteiger partial charge on any atom is 0.270 e. The largest absolute Gasteiger partial charge is 0.296 e. The molecule has 0 aliphatic carbocycles. The van der Waals surface area contributed by atoms with Crippen LogP contribution < -0.4 is 10.0 Å². The fourth-order valence-corrected chi connectivity index (χ4v) is 5.46. The van der Waals surface area contributed by atoms with E-state index in [1.165, 1.54) is 0 Å². The zero-order chi connectivity index (χ0) is 23.4. The quantitative estimate of drug-likeness (QED) is 0.356. The van der Waals surface area contributed by atoms with Crippen LogP contribution in [0.3, 0.4) is 0 Å². The first kappa shape index (κ1) is 23.1. The number of sulfonamides is 1. The molecule has 1 heterocycles. The first-order valence-electron chi connectivity index (χ1n) is 9.87. The fourth-order valence-electron chi connectivity index (χ4n) is 3.12. The summed E-state index contributed by atoms with van der Waals surface area (Å²) in [5, 5.41) is 10.5. The Morgan fingerprint density at radius 2 is 1.55 bits per heavy atom. The number of carbonyl (C=O) groups excluding carboxylic acids is 1. The molecule has 0 saturated heterocycles. The summed E-state index contributed by atoms with van der Waals surface area (Å²) in [6.07, 6.45) is 0. The highest BCUT2D eigenvalue weighted by atomic mass is 35.5. The number of hydrogen-bond acceptors (Lipinski definition) is 6. The van der Waals surface area contributed by atoms with E-state index in [2.05, 4.69) is 20.2 Å². The first-order valence-corrected chi connectivity index (χ1v) is 12.5. The van der Waals surface area contributed by atoms with Gasteiger partial charge in [-0.2, -0.15) is 4.72 Å². The van der Waals surface area contributed by atoms with Gasteiger partial charge >= 0.3 is 0 Å². The molecule has 0 radical (unpaired) electrons. The molecule has 168 valence electrons. The molecule has 0 saturated carbocycles. The molecule has 0 aliphatic heterocycles. The lowest BCUT2D eigenvalue weighted by Gasteiger charge is -2.19. The second kappa shape index (κ2) is 9.80. The van der Waals surface area contributed by atoms with Gasteiger partial charge < -0.3 is 0 Å². The lowest BCUT2D eigenvalue weighted by molar-refractivity contribution is 0.102. The molecule has 0 aliphatic rings. The Morgan fingerprint density at radius 1 is 0.909 bits per heavy atom. The van der Waals surface area contributed by atoms with Gasteiger partial charge in [0.1, 0.15) is 0 Å². The molecule has 1 atom stereocenters. The second-order valence-electron chi connectivity index (χ2n) is 7.18. The fraction of sp³-hybridized carbons (Fsp3) is 0.0870. The van der Waals surface area contributed by atoms with Crippen molar-refractivity contribution in [2.75, 3.05) is 5.32 Å². The Morgan fingerprint density at radius 3 is 2.24 bits per heavy atom. The highest BCUT2D eigenvalue weighted by molar-refractivity contribution is 7.91. The van der Waals surface area contributed by atoms with E-state index in [1.807, 2.05) is 61.5 Å². The molecule has 4 rings (SSSR count). The number of amides is 1. The van der Waals surface area contributed by atoms with E-state index < -0.39 is 22.0 Å². The monoisotopic (exact) mass is 498 g/mol. The number of hydrogen-bond donors (Lipinski definition) is 2. The van der Waals surface area contributed by atoms with Crippen molar-refractivity contribution in [1.82, 2.24) is 14.9 Å². The lowest BCUT2D eigenvalue weighted by atomic mass is 9.99. The van der Waals surface area contributed by atoms with Crippen LogP contribution in [0, 0.1) is 6.92 Å². The number of aryl methyl sites for hydroxylation is 1. The molecule has 0 fully saturated rings. The minimum Gasteiger partial charge on any atom is -0.296 e. The van der Waals surface area contributed by atoms with Crippen LogP contribution in [0.4, 0.5) is 5.13 Å². The zero-order valence-corrected chi connectivity index (χ0v) is 19.8. The SMILES string of the molecule is Cc1ccc([C@@H](NS(=O)(=O)c2nnc(NC(=O)c3ccccc3Cl)s2)c2ccccc2)cc1. The molecule has 1 amide bonds. The molecule has 1 aromatic heterocycles. The van der Waals surface area contributed by atoms with Crippen molar-refractivity contribution < 1.29 is 13.2 Å². The normalized spacial score (nSPS) is 12.3. The van der Waals surface area contributed by atoms with Crippen molar-refractivity contribution in [3.05, 3.63) is 106 Å². The Bertz CT molecular complexity index is 1370. The van der Waals surface area contributed by atoms with Gasteiger partial charge in [-0.05, 0) is 30.2 Å². The van der Waals surface area contributed by atoms with Crippen molar-refractivity contribution in [1.29, 1.82) is 0 Å². The maximum atomic E-state index is 13.1. The molecule has 33 heavy (non-hydrogen) atoms. The minimum absolute atomic E-state index is 0.0480. The van der Waals surface area contributed by atoms with Crippen LogP contribution in [-0.4, -0.2) is 24.5 Å². The molecule has 0 bridgehead atoms. The lowest BCUT2D eigenvalue weighted by Crippen LogP contribution is -2.29. The topological polar surface area (TPSA) is 101 Å². The molecule has 0 unspecified atom stereocenters. The Kier molecular flexibility index (Phi) is 6.85. The summed E-state index contributed by atoms with van der Waals surface area (Å²) in [6, 6.07) is 22.8. The van der Waals surface area contributed by atoms with Crippen LogP contribution in [0.15, 0.2) is 83.2 Å². The third kappa shape index (κ3) is 5.45. The van der Waals surface area contributed by atoms with E-state index in [1.54, 1.807) is 24.3 Å². The van der Waals surface area contributed by atoms with Crippen LogP contribution in [-0.2, 0) is 10.0 Å². The van der Waals surface area contributed by atoms with E-state index in [4.69, 9.17) is 11.6 Å². The summed E-state index contributed by atoms with van der Waals surface area (Å²) in [6.45, 7) is 1.96. The molecule has 0 spiro atoms. The molecule has 10 heteroatoms. The first-order chi connectivity index (χ1) is 15.8. The van der Waals surface area contributed by atoms with Crippen molar-refractivity contribution >= 4 is 44.0 Å². The highest BCUT2D eigenvalue weighted by Gasteiger charge is 2.27. The summed E-state index contributed by atoms with van der Waals surface area (Å²) in [5.41, 5.74) is 2.88. The van der Waals surface area contributed by atoms with Gasteiger partial charge in [-0.15, -0.1) is 10.2 Å². The molecule has 3 aromatic carbocycles. The van der Waals surface area contributed by atoms with Crippen LogP contribution in [0.25, 0.3) is 0 Å². The predicted octanol–water partition coefficient (Wildman–Crippen LogP) is 4.82. The van der Waals surface area contributed by atoms with E-state index in [-0.39, 0.29) is 20.1 Å². The molecule has 7 nitrogen and oxygen atoms in total. The molecule has 4 aromatic rings. The number of rotatable bonds is 7. The predicted molar refractivity (Wildman–Crippen MR) is 129 cm³/mol. The molecular formula is C23H19ClN4O3S2. The van der Waals surface area contributed by atoms with Crippen molar-refractivity contribution in [3.63, 3.8) is 0 Å². The number of anilines is 1. The Balaban J connectivity index is 1.58. The van der Waals surface area contributed by atoms with E-state index in [0.29, 0.717) is 0 Å². The highest BCUT2D eigenvalue weighted by Crippen LogP contribution is 2.27. The number of aromatic nitrogens is 2. The van der Waals surface area contributed by atoms with Crippen molar-refractivity contribution in [3.8, 4) is 0 Å². The molecule has 2 N–H and O–H groups in total. The number of nitrogens with zero attached hydrogens (tertiary/aromatic N) is 2. The summed E-state index contributed by atoms with van der Waals surface area (Å²) in [4.78, 5) is 12.4. The summed E-state index contributed by atoms with van der Waals surface area (Å²) in [5.74, 6) is -0.504. The number of nitrogens with one attached hydrogen (secondary N) is 2. The number of benzene rings is 3. The van der Waals surface area contributed by atoms with E-state index in [9.17, 15) is 13.2 Å². The van der Waals surface area contributed by atoms with Gasteiger partial charge in [0.25, 0.3) is 15.9 Å². The van der Waals surface area contributed by atoms with Gasteiger partial charge in [0.05, 0.1) is 16.6 Å². The third-order valence-corrected chi connectivity index (χ3v) is 7.75. The maximum absolute atomic E-state index is 13.1. The summed E-state index contributed by atoms with van der Waals surface area (Å²) < 4.78 is 28.7. The van der Waals surface area contributed by atoms with Gasteiger partial charge in [-0.25, -0.2) is 8.42 Å². The summed E-state index contributed by atoms with van der Waals surface area (Å²) in [7, 11) is -4.04. The zero-order valence-electron chi connectivity index (χ0n) is 17.4. The van der Waals surface area contributed by atoms with Crippen LogP contribution >= 0.6 is 22.9 Å². The Hall–Kier alpha value is -3.11. The number of carbonyl (C=O) groups is 1. The van der Waals surface area contributed by atoms with E-state index >= 15 is 0 Å².